The number of allylic oxidation sites excluding steroid dienone is 3. The molecule has 3 rings (SSSR count). The van der Waals surface area contributed by atoms with E-state index in [0.29, 0.717) is 19.3 Å². The van der Waals surface area contributed by atoms with Crippen LogP contribution in [0.1, 0.15) is 88.0 Å². The van der Waals surface area contributed by atoms with Gasteiger partial charge < -0.3 is 48.3 Å². The summed E-state index contributed by atoms with van der Waals surface area (Å²) >= 11 is 0. The fourth-order valence-corrected chi connectivity index (χ4v) is 8.81. The standard InChI is InChI=1S/C42H73NO11/c1-14-35-32(22-50-42-40(49-13)39(48-12)26(5)30(9)52-42)19-23(2)15-16-33(45)24(3)20-31(17-18-44)38(27(6)34(46)21-36(47)53-35)54-41-28(7)37(43(10)11)25(4)29(8)51-41/h15-16,19,24-32,34-35,37-42,44,46H,14,17-18,20-22H2,1-13H3/b16-15+,23-19+/t24-,25-,26-,27+,28-,29-,30-,31+,32-,34-,35-,37+,38-,39-,40-,41+,42-/m1/s1. The second-order valence-electron chi connectivity index (χ2n) is 16.6. The first kappa shape index (κ1) is 46.6. The average Bonchev–Trinajstić information content (AvgIpc) is 3.12. The van der Waals surface area contributed by atoms with Crippen molar-refractivity contribution in [2.24, 2.45) is 41.4 Å². The summed E-state index contributed by atoms with van der Waals surface area (Å²) in [6.45, 7) is 18.0. The molecule has 0 saturated carbocycles. The molecule has 17 atom stereocenters. The maximum atomic E-state index is 13.7. The van der Waals surface area contributed by atoms with E-state index >= 15 is 0 Å². The van der Waals surface area contributed by atoms with Crippen molar-refractivity contribution < 1.29 is 53.0 Å². The molecule has 0 aliphatic carbocycles. The zero-order valence-corrected chi connectivity index (χ0v) is 35.3. The van der Waals surface area contributed by atoms with Crippen LogP contribution in [0.25, 0.3) is 0 Å². The number of carbonyl (C=O) groups is 2. The van der Waals surface area contributed by atoms with Gasteiger partial charge in [0.2, 0.25) is 0 Å². The van der Waals surface area contributed by atoms with Gasteiger partial charge in [-0.05, 0) is 72.0 Å². The zero-order chi connectivity index (χ0) is 40.4. The van der Waals surface area contributed by atoms with E-state index in [1.807, 2.05) is 47.6 Å². The molecule has 0 aromatic rings. The summed E-state index contributed by atoms with van der Waals surface area (Å²) in [4.78, 5) is 29.5. The molecule has 0 spiro atoms. The number of esters is 1. The molecule has 0 aromatic carbocycles. The van der Waals surface area contributed by atoms with Gasteiger partial charge in [-0.2, -0.15) is 0 Å². The molecule has 0 radical (unpaired) electrons. The zero-order valence-electron chi connectivity index (χ0n) is 35.3. The molecular weight excluding hydrogens is 694 g/mol. The number of rotatable bonds is 11. The van der Waals surface area contributed by atoms with E-state index in [0.717, 1.165) is 5.57 Å². The summed E-state index contributed by atoms with van der Waals surface area (Å²) in [5.41, 5.74) is 0.805. The highest BCUT2D eigenvalue weighted by Gasteiger charge is 2.46. The Balaban J connectivity index is 1.96. The molecule has 12 nitrogen and oxygen atoms in total. The molecule has 3 aliphatic heterocycles. The molecule has 3 aliphatic rings. The van der Waals surface area contributed by atoms with E-state index < -0.39 is 60.7 Å². The number of ether oxygens (including phenoxy) is 7. The lowest BCUT2D eigenvalue weighted by molar-refractivity contribution is -0.292. The summed E-state index contributed by atoms with van der Waals surface area (Å²) in [6, 6.07) is 0.180. The van der Waals surface area contributed by atoms with Crippen molar-refractivity contribution in [1.82, 2.24) is 4.90 Å². The Bertz CT molecular complexity index is 1230. The molecule has 54 heavy (non-hydrogen) atoms. The minimum absolute atomic E-state index is 0.0120. The molecule has 0 unspecified atom stereocenters. The predicted molar refractivity (Wildman–Crippen MR) is 206 cm³/mol. The van der Waals surface area contributed by atoms with Crippen molar-refractivity contribution in [3.05, 3.63) is 23.8 Å². The number of aliphatic hydroxyl groups excluding tert-OH is 2. The first-order valence-corrected chi connectivity index (χ1v) is 20.2. The minimum atomic E-state index is -1.13. The van der Waals surface area contributed by atoms with Gasteiger partial charge in [-0.3, -0.25) is 9.59 Å². The van der Waals surface area contributed by atoms with Crippen molar-refractivity contribution in [1.29, 1.82) is 0 Å². The van der Waals surface area contributed by atoms with Gasteiger partial charge in [-0.1, -0.05) is 59.3 Å². The summed E-state index contributed by atoms with van der Waals surface area (Å²) in [6.07, 6.45) is 1.73. The van der Waals surface area contributed by atoms with E-state index in [9.17, 15) is 19.8 Å². The highest BCUT2D eigenvalue weighted by Crippen LogP contribution is 2.38. The molecule has 2 N–H and O–H groups in total. The predicted octanol–water partition coefficient (Wildman–Crippen LogP) is 5.18. The third-order valence-corrected chi connectivity index (χ3v) is 12.4. The first-order valence-electron chi connectivity index (χ1n) is 20.2. The van der Waals surface area contributed by atoms with Crippen LogP contribution in [0.2, 0.25) is 0 Å². The fraction of sp³-hybridized carbons (Fsp3) is 0.857. The van der Waals surface area contributed by atoms with Crippen LogP contribution in [0.15, 0.2) is 23.8 Å². The number of cyclic esters (lactones) is 1. The molecule has 3 heterocycles. The number of aliphatic hydroxyl groups is 2. The van der Waals surface area contributed by atoms with Crippen molar-refractivity contribution in [2.75, 3.05) is 41.5 Å². The van der Waals surface area contributed by atoms with E-state index in [1.165, 1.54) is 0 Å². The summed E-state index contributed by atoms with van der Waals surface area (Å²) < 4.78 is 43.6. The Morgan fingerprint density at radius 2 is 1.48 bits per heavy atom. The summed E-state index contributed by atoms with van der Waals surface area (Å²) in [7, 11) is 7.37. The number of hydrogen-bond donors (Lipinski definition) is 2. The highest BCUT2D eigenvalue weighted by atomic mass is 16.7. The quantitative estimate of drug-likeness (QED) is 0.268. The van der Waals surface area contributed by atoms with E-state index in [4.69, 9.17) is 33.2 Å². The first-order chi connectivity index (χ1) is 25.5. The number of ketones is 1. The van der Waals surface area contributed by atoms with Crippen LogP contribution < -0.4 is 0 Å². The van der Waals surface area contributed by atoms with Crippen LogP contribution in [-0.2, 0) is 42.7 Å². The Morgan fingerprint density at radius 1 is 0.852 bits per heavy atom. The van der Waals surface area contributed by atoms with Gasteiger partial charge in [0.15, 0.2) is 18.4 Å². The number of nitrogens with zero attached hydrogens (tertiary/aromatic N) is 1. The van der Waals surface area contributed by atoms with Crippen LogP contribution in [0.4, 0.5) is 0 Å². The van der Waals surface area contributed by atoms with Crippen molar-refractivity contribution in [3.63, 3.8) is 0 Å². The maximum Gasteiger partial charge on any atom is 0.308 e. The normalized spacial score (nSPS) is 43.7. The molecule has 312 valence electrons. The SMILES string of the molecule is CC[C@H]1OC(=O)C[C@@H](O)[C@H](C)[C@@H](O[C@@H]2O[C@H](C)[C@@H](C)[C@H](N(C)C)[C@H]2C)[C@@H](CCO)C[C@@H](C)C(=O)/C=C/C(C)=C/[C@@H]1CO[C@@H]1O[C@H](C)[C@@H](C)[C@@H](OC)[C@H]1OC. The van der Waals surface area contributed by atoms with Crippen LogP contribution >= 0.6 is 0 Å². The second-order valence-corrected chi connectivity index (χ2v) is 16.6. The van der Waals surface area contributed by atoms with Crippen molar-refractivity contribution >= 4 is 11.8 Å². The van der Waals surface area contributed by atoms with Gasteiger partial charge in [0.25, 0.3) is 0 Å². The monoisotopic (exact) mass is 768 g/mol. The van der Waals surface area contributed by atoms with Crippen LogP contribution in [0.3, 0.4) is 0 Å². The van der Waals surface area contributed by atoms with Gasteiger partial charge in [-0.25, -0.2) is 0 Å². The smallest absolute Gasteiger partial charge is 0.308 e. The van der Waals surface area contributed by atoms with Gasteiger partial charge in [0.05, 0.1) is 43.5 Å². The van der Waals surface area contributed by atoms with E-state index in [1.54, 1.807) is 26.4 Å². The van der Waals surface area contributed by atoms with Crippen LogP contribution in [0, 0.1) is 41.4 Å². The third kappa shape index (κ3) is 11.9. The molecule has 0 bridgehead atoms. The van der Waals surface area contributed by atoms with Gasteiger partial charge in [-0.15, -0.1) is 0 Å². The highest BCUT2D eigenvalue weighted by molar-refractivity contribution is 5.91. The molecular formula is C42H73NO11. The number of hydrogen-bond acceptors (Lipinski definition) is 12. The molecule has 2 fully saturated rings. The molecule has 2 saturated heterocycles. The lowest BCUT2D eigenvalue weighted by Gasteiger charge is -2.48. The fourth-order valence-electron chi connectivity index (χ4n) is 8.81. The van der Waals surface area contributed by atoms with Gasteiger partial charge >= 0.3 is 5.97 Å². The van der Waals surface area contributed by atoms with Crippen molar-refractivity contribution in [3.8, 4) is 0 Å². The third-order valence-electron chi connectivity index (χ3n) is 12.4. The average molecular weight is 768 g/mol. The Labute approximate surface area is 325 Å². The van der Waals surface area contributed by atoms with E-state index in [-0.39, 0.29) is 73.4 Å². The molecule has 0 aromatic heterocycles. The summed E-state index contributed by atoms with van der Waals surface area (Å²) in [5.74, 6) is -1.93. The Kier molecular flexibility index (Phi) is 18.7. The van der Waals surface area contributed by atoms with E-state index in [2.05, 4.69) is 39.8 Å². The Morgan fingerprint density at radius 3 is 2.07 bits per heavy atom. The lowest BCUT2D eigenvalue weighted by Crippen LogP contribution is -2.56. The lowest BCUT2D eigenvalue weighted by atomic mass is 9.79. The molecule has 12 heteroatoms. The Hall–Kier alpha value is -1.74. The topological polar surface area (TPSA) is 142 Å². The second kappa shape index (κ2) is 21.7. The van der Waals surface area contributed by atoms with Crippen LogP contribution in [0.5, 0.6) is 0 Å². The van der Waals surface area contributed by atoms with Gasteiger partial charge in [0, 0.05) is 56.5 Å². The largest absolute Gasteiger partial charge is 0.462 e. The number of carbonyl (C=O) groups excluding carboxylic acids is 2. The van der Waals surface area contributed by atoms with Gasteiger partial charge in [0.1, 0.15) is 12.2 Å². The molecule has 0 amide bonds. The minimum Gasteiger partial charge on any atom is -0.462 e. The van der Waals surface area contributed by atoms with Crippen molar-refractivity contribution in [2.45, 2.75) is 149 Å². The maximum absolute atomic E-state index is 13.7. The summed E-state index contributed by atoms with van der Waals surface area (Å²) in [5, 5.41) is 21.9. The number of methoxy groups -OCH3 is 2. The van der Waals surface area contributed by atoms with Crippen LogP contribution in [-0.4, -0.2) is 130 Å².